The number of sulfonamides is 1. The van der Waals surface area contributed by atoms with E-state index in [0.29, 0.717) is 11.9 Å². The molecule has 8 heteroatoms. The van der Waals surface area contributed by atoms with Gasteiger partial charge in [0.2, 0.25) is 21.8 Å². The van der Waals surface area contributed by atoms with Crippen LogP contribution < -0.4 is 15.4 Å². The summed E-state index contributed by atoms with van der Waals surface area (Å²) in [7, 11) is -4.06. The highest BCUT2D eigenvalue weighted by molar-refractivity contribution is 7.89. The molecule has 2 amide bonds. The van der Waals surface area contributed by atoms with Gasteiger partial charge in [0.1, 0.15) is 6.04 Å². The highest BCUT2D eigenvalue weighted by Gasteiger charge is 2.27. The van der Waals surface area contributed by atoms with Crippen LogP contribution in [0.2, 0.25) is 0 Å². The van der Waals surface area contributed by atoms with Crippen LogP contribution >= 0.6 is 0 Å². The van der Waals surface area contributed by atoms with Crippen molar-refractivity contribution in [3.63, 3.8) is 0 Å². The minimum Gasteiger partial charge on any atom is -0.352 e. The first-order chi connectivity index (χ1) is 17.9. The second kappa shape index (κ2) is 12.3. The predicted molar refractivity (Wildman–Crippen MR) is 144 cm³/mol. The van der Waals surface area contributed by atoms with Crippen LogP contribution in [0.3, 0.4) is 0 Å². The molecule has 4 rings (SSSR count). The number of hydrogen-bond acceptors (Lipinski definition) is 4. The molecule has 0 aliphatic heterocycles. The Bertz CT molecular complexity index is 1450. The second-order valence-corrected chi connectivity index (χ2v) is 10.3. The van der Waals surface area contributed by atoms with E-state index in [4.69, 9.17) is 0 Å². The third kappa shape index (κ3) is 7.25. The molecule has 4 aromatic rings. The summed E-state index contributed by atoms with van der Waals surface area (Å²) in [5.74, 6) is -0.766. The molecular weight excluding hydrogens is 486 g/mol. The molecule has 3 N–H and O–H groups in total. The summed E-state index contributed by atoms with van der Waals surface area (Å²) in [5.41, 5.74) is 1.83. The summed E-state index contributed by atoms with van der Waals surface area (Å²) < 4.78 is 29.3. The minimum atomic E-state index is -4.06. The Morgan fingerprint density at radius 1 is 0.676 bits per heavy atom. The molecule has 0 aliphatic rings. The molecule has 0 aliphatic carbocycles. The zero-order valence-corrected chi connectivity index (χ0v) is 21.1. The Morgan fingerprint density at radius 2 is 1.24 bits per heavy atom. The molecule has 0 heterocycles. The van der Waals surface area contributed by atoms with Crippen molar-refractivity contribution in [2.24, 2.45) is 0 Å². The van der Waals surface area contributed by atoms with Crippen molar-refractivity contribution in [1.29, 1.82) is 0 Å². The van der Waals surface area contributed by atoms with Gasteiger partial charge in [0.25, 0.3) is 0 Å². The van der Waals surface area contributed by atoms with Crippen LogP contribution in [0.1, 0.15) is 24.0 Å². The number of carbonyl (C=O) groups is 2. The highest BCUT2D eigenvalue weighted by atomic mass is 32.2. The molecule has 1 unspecified atom stereocenters. The van der Waals surface area contributed by atoms with Gasteiger partial charge in [-0.05, 0) is 29.0 Å². The standard InChI is InChI=1S/C29H29N3O4S/c33-28(30-20-22-10-3-1-4-11-22)19-18-26(29(34)31-21-23-12-5-2-6-13-23)32-37(35,36)27-17-9-15-24-14-7-8-16-25(24)27/h1-17,26,32H,18-21H2,(H,30,33)(H,31,34). The van der Waals surface area contributed by atoms with Crippen LogP contribution in [-0.2, 0) is 32.7 Å². The molecule has 0 saturated carbocycles. The van der Waals surface area contributed by atoms with Crippen LogP contribution in [0.4, 0.5) is 0 Å². The molecule has 1 atom stereocenters. The molecule has 7 nitrogen and oxygen atoms in total. The van der Waals surface area contributed by atoms with Gasteiger partial charge in [0, 0.05) is 24.9 Å². The van der Waals surface area contributed by atoms with Crippen LogP contribution in [0.5, 0.6) is 0 Å². The zero-order valence-electron chi connectivity index (χ0n) is 20.3. The maximum Gasteiger partial charge on any atom is 0.241 e. The number of benzene rings is 4. The SMILES string of the molecule is O=C(CCC(NS(=O)(=O)c1cccc2ccccc12)C(=O)NCc1ccccc1)NCc1ccccc1. The van der Waals surface area contributed by atoms with Crippen LogP contribution in [0, 0.1) is 0 Å². The molecule has 4 aromatic carbocycles. The van der Waals surface area contributed by atoms with E-state index in [2.05, 4.69) is 15.4 Å². The van der Waals surface area contributed by atoms with E-state index < -0.39 is 22.0 Å². The van der Waals surface area contributed by atoms with Gasteiger partial charge < -0.3 is 10.6 Å². The number of nitrogens with one attached hydrogen (secondary N) is 3. The lowest BCUT2D eigenvalue weighted by Gasteiger charge is -2.19. The van der Waals surface area contributed by atoms with Gasteiger partial charge in [-0.2, -0.15) is 4.72 Å². The summed E-state index contributed by atoms with van der Waals surface area (Å²) in [6.07, 6.45) is -0.0143. The first kappa shape index (κ1) is 26.1. The summed E-state index contributed by atoms with van der Waals surface area (Å²) >= 11 is 0. The fraction of sp³-hybridized carbons (Fsp3) is 0.172. The average molecular weight is 516 g/mol. The summed E-state index contributed by atoms with van der Waals surface area (Å²) in [4.78, 5) is 25.7. The number of hydrogen-bond donors (Lipinski definition) is 3. The number of carbonyl (C=O) groups excluding carboxylic acids is 2. The van der Waals surface area contributed by atoms with E-state index in [1.807, 2.05) is 78.9 Å². The quantitative estimate of drug-likeness (QED) is 0.282. The lowest BCUT2D eigenvalue weighted by Crippen LogP contribution is -2.47. The van der Waals surface area contributed by atoms with Crippen molar-refractivity contribution < 1.29 is 18.0 Å². The first-order valence-electron chi connectivity index (χ1n) is 12.0. The molecule has 190 valence electrons. The van der Waals surface area contributed by atoms with Crippen molar-refractivity contribution in [3.8, 4) is 0 Å². The lowest BCUT2D eigenvalue weighted by molar-refractivity contribution is -0.124. The Labute approximate surface area is 217 Å². The molecule has 0 bridgehead atoms. The summed E-state index contributed by atoms with van der Waals surface area (Å²) in [6.45, 7) is 0.596. The average Bonchev–Trinajstić information content (AvgIpc) is 2.93. The van der Waals surface area contributed by atoms with Crippen LogP contribution in [0.15, 0.2) is 108 Å². The van der Waals surface area contributed by atoms with Gasteiger partial charge in [0.05, 0.1) is 4.90 Å². The van der Waals surface area contributed by atoms with Gasteiger partial charge in [-0.3, -0.25) is 9.59 Å². The normalized spacial score (nSPS) is 12.1. The van der Waals surface area contributed by atoms with Crippen molar-refractivity contribution in [1.82, 2.24) is 15.4 Å². The van der Waals surface area contributed by atoms with Gasteiger partial charge in [0.15, 0.2) is 0 Å². The third-order valence-electron chi connectivity index (χ3n) is 5.96. The maximum atomic E-state index is 13.4. The Hall–Kier alpha value is -4.01. The van der Waals surface area contributed by atoms with E-state index in [1.54, 1.807) is 18.2 Å². The lowest BCUT2D eigenvalue weighted by atomic mass is 10.1. The van der Waals surface area contributed by atoms with Gasteiger partial charge in [-0.1, -0.05) is 97.1 Å². The number of fused-ring (bicyclic) bond motifs is 1. The zero-order chi connectivity index (χ0) is 26.1. The van der Waals surface area contributed by atoms with Gasteiger partial charge in [-0.15, -0.1) is 0 Å². The van der Waals surface area contributed by atoms with Crippen molar-refractivity contribution >= 4 is 32.6 Å². The molecule has 0 aromatic heterocycles. The third-order valence-corrected chi connectivity index (χ3v) is 7.49. The van der Waals surface area contributed by atoms with Gasteiger partial charge >= 0.3 is 0 Å². The van der Waals surface area contributed by atoms with Crippen LogP contribution in [-0.4, -0.2) is 26.3 Å². The molecule has 0 spiro atoms. The highest BCUT2D eigenvalue weighted by Crippen LogP contribution is 2.23. The Balaban J connectivity index is 1.48. The van der Waals surface area contributed by atoms with Crippen molar-refractivity contribution in [2.45, 2.75) is 36.9 Å². The Kier molecular flexibility index (Phi) is 8.66. The second-order valence-electron chi connectivity index (χ2n) is 8.66. The van der Waals surface area contributed by atoms with E-state index in [-0.39, 0.29) is 30.2 Å². The monoisotopic (exact) mass is 515 g/mol. The first-order valence-corrected chi connectivity index (χ1v) is 13.5. The maximum absolute atomic E-state index is 13.4. The molecule has 0 saturated heterocycles. The number of amides is 2. The summed E-state index contributed by atoms with van der Waals surface area (Å²) in [6, 6.07) is 29.8. The Morgan fingerprint density at radius 3 is 1.92 bits per heavy atom. The molecular formula is C29H29N3O4S. The molecule has 0 fully saturated rings. The van der Waals surface area contributed by atoms with Crippen molar-refractivity contribution in [2.75, 3.05) is 0 Å². The topological polar surface area (TPSA) is 104 Å². The fourth-order valence-corrected chi connectivity index (χ4v) is 5.45. The predicted octanol–water partition coefficient (Wildman–Crippen LogP) is 3.90. The van der Waals surface area contributed by atoms with Gasteiger partial charge in [-0.25, -0.2) is 8.42 Å². The molecule has 37 heavy (non-hydrogen) atoms. The smallest absolute Gasteiger partial charge is 0.241 e. The van der Waals surface area contributed by atoms with E-state index in [1.165, 1.54) is 6.07 Å². The number of rotatable bonds is 11. The van der Waals surface area contributed by atoms with E-state index in [0.717, 1.165) is 16.5 Å². The summed E-state index contributed by atoms with van der Waals surface area (Å²) in [5, 5.41) is 6.95. The fourth-order valence-electron chi connectivity index (χ4n) is 3.99. The molecule has 0 radical (unpaired) electrons. The van der Waals surface area contributed by atoms with Crippen LogP contribution in [0.25, 0.3) is 10.8 Å². The van der Waals surface area contributed by atoms with Crippen molar-refractivity contribution in [3.05, 3.63) is 114 Å². The largest absolute Gasteiger partial charge is 0.352 e. The van der Waals surface area contributed by atoms with E-state index >= 15 is 0 Å². The minimum absolute atomic E-state index is 0.00520. The van der Waals surface area contributed by atoms with E-state index in [9.17, 15) is 18.0 Å².